The number of carbonyl (C=O) groups excluding carboxylic acids is 3. The summed E-state index contributed by atoms with van der Waals surface area (Å²) >= 11 is 1.39. The van der Waals surface area contributed by atoms with Crippen LogP contribution < -0.4 is 20.7 Å². The molecule has 3 N–H and O–H groups in total. The first-order chi connectivity index (χ1) is 22.0. The molecular formula is C36H30N4O4S. The largest absolute Gasteiger partial charge is 0.497 e. The van der Waals surface area contributed by atoms with Crippen LogP contribution in [0.2, 0.25) is 0 Å². The summed E-state index contributed by atoms with van der Waals surface area (Å²) in [5.41, 5.74) is 3.14. The molecule has 1 heterocycles. The Morgan fingerprint density at radius 2 is 1.51 bits per heavy atom. The van der Waals surface area contributed by atoms with Gasteiger partial charge in [0.15, 0.2) is 0 Å². The van der Waals surface area contributed by atoms with Crippen LogP contribution in [0.3, 0.4) is 0 Å². The first-order valence-corrected chi connectivity index (χ1v) is 14.9. The second kappa shape index (κ2) is 15.2. The fourth-order valence-electron chi connectivity index (χ4n) is 4.33. The molecule has 0 aliphatic carbocycles. The zero-order chi connectivity index (χ0) is 31.4. The predicted molar refractivity (Wildman–Crippen MR) is 178 cm³/mol. The molecular weight excluding hydrogens is 584 g/mol. The third-order valence-electron chi connectivity index (χ3n) is 6.57. The van der Waals surface area contributed by atoms with Gasteiger partial charge in [-0.2, -0.15) is 0 Å². The number of thioether (sulfide) groups is 1. The van der Waals surface area contributed by atoms with Crippen LogP contribution in [0, 0.1) is 0 Å². The minimum absolute atomic E-state index is 0.0636. The molecule has 3 amide bonds. The van der Waals surface area contributed by atoms with Crippen LogP contribution in [-0.4, -0.2) is 29.8 Å². The third kappa shape index (κ3) is 8.68. The first-order valence-electron chi connectivity index (χ1n) is 14.0. The average molecular weight is 615 g/mol. The highest BCUT2D eigenvalue weighted by Crippen LogP contribution is 2.37. The van der Waals surface area contributed by atoms with Crippen LogP contribution in [-0.2, 0) is 9.59 Å². The summed E-state index contributed by atoms with van der Waals surface area (Å²) in [4.78, 5) is 44.6. The van der Waals surface area contributed by atoms with Gasteiger partial charge in [-0.25, -0.2) is 0 Å². The molecule has 4 aromatic carbocycles. The van der Waals surface area contributed by atoms with Crippen LogP contribution in [0.25, 0.3) is 6.08 Å². The van der Waals surface area contributed by atoms with Gasteiger partial charge in [-0.3, -0.25) is 19.4 Å². The first kappa shape index (κ1) is 30.8. The summed E-state index contributed by atoms with van der Waals surface area (Å²) in [5, 5.41) is 8.03. The number of nitrogens with one attached hydrogen (secondary N) is 3. The Bertz CT molecular complexity index is 1780. The summed E-state index contributed by atoms with van der Waals surface area (Å²) in [6.45, 7) is 0. The number of nitrogens with zero attached hydrogens (tertiary/aromatic N) is 1. The van der Waals surface area contributed by atoms with Crippen molar-refractivity contribution >= 4 is 46.9 Å². The summed E-state index contributed by atoms with van der Waals surface area (Å²) in [6, 6.07) is 36.1. The highest BCUT2D eigenvalue weighted by atomic mass is 32.2. The fourth-order valence-corrected chi connectivity index (χ4v) is 5.36. The van der Waals surface area contributed by atoms with Crippen LogP contribution in [0.1, 0.15) is 26.7 Å². The van der Waals surface area contributed by atoms with Crippen molar-refractivity contribution in [3.8, 4) is 5.75 Å². The number of amides is 3. The van der Waals surface area contributed by atoms with Crippen molar-refractivity contribution in [2.24, 2.45) is 0 Å². The van der Waals surface area contributed by atoms with E-state index in [4.69, 9.17) is 4.74 Å². The van der Waals surface area contributed by atoms with E-state index in [1.165, 1.54) is 11.8 Å². The maximum Gasteiger partial charge on any atom is 0.272 e. The average Bonchev–Trinajstić information content (AvgIpc) is 3.08. The van der Waals surface area contributed by atoms with Gasteiger partial charge in [0, 0.05) is 40.3 Å². The van der Waals surface area contributed by atoms with Gasteiger partial charge >= 0.3 is 0 Å². The van der Waals surface area contributed by atoms with E-state index < -0.39 is 17.1 Å². The van der Waals surface area contributed by atoms with E-state index in [-0.39, 0.29) is 11.6 Å². The van der Waals surface area contributed by atoms with Crippen molar-refractivity contribution in [2.45, 2.75) is 10.1 Å². The number of carbonyl (C=O) groups is 3. The summed E-state index contributed by atoms with van der Waals surface area (Å²) < 4.78 is 5.29. The Balaban J connectivity index is 1.31. The van der Waals surface area contributed by atoms with Crippen molar-refractivity contribution < 1.29 is 19.1 Å². The Kier molecular flexibility index (Phi) is 10.4. The van der Waals surface area contributed by atoms with Crippen molar-refractivity contribution in [2.75, 3.05) is 17.7 Å². The molecule has 9 heteroatoms. The van der Waals surface area contributed by atoms with Crippen molar-refractivity contribution in [1.29, 1.82) is 0 Å². The summed E-state index contributed by atoms with van der Waals surface area (Å²) in [7, 11) is 1.58. The number of aromatic nitrogens is 1. The lowest BCUT2D eigenvalue weighted by Gasteiger charge is -2.18. The lowest BCUT2D eigenvalue weighted by Crippen LogP contribution is -2.30. The monoisotopic (exact) mass is 614 g/mol. The number of methoxy groups -OCH3 is 1. The minimum Gasteiger partial charge on any atom is -0.497 e. The number of hydrogen-bond acceptors (Lipinski definition) is 6. The number of anilines is 2. The van der Waals surface area contributed by atoms with Gasteiger partial charge in [0.2, 0.25) is 5.91 Å². The molecule has 45 heavy (non-hydrogen) atoms. The molecule has 5 aromatic rings. The van der Waals surface area contributed by atoms with Crippen LogP contribution in [0.5, 0.6) is 5.75 Å². The van der Waals surface area contributed by atoms with Gasteiger partial charge in [-0.05, 0) is 71.8 Å². The topological polar surface area (TPSA) is 109 Å². The molecule has 0 aliphatic rings. The van der Waals surface area contributed by atoms with Crippen LogP contribution in [0.15, 0.2) is 144 Å². The Morgan fingerprint density at radius 1 is 0.778 bits per heavy atom. The van der Waals surface area contributed by atoms with Gasteiger partial charge in [0.05, 0.1) is 7.11 Å². The standard InChI is InChI=1S/C36H30N4O4S/c1-44-30-16-8-15-29(23-30)39-36(43)33(26-11-4-2-5-12-26)45-31-19-17-28(18-20-31)38-35(42)32(22-25-10-9-21-37-24-25)40-34(41)27-13-6-3-7-14-27/h2-24,33H,1H3,(H,38,42)(H,39,43)(H,40,41)/b32-22-. The number of ether oxygens (including phenoxy) is 1. The molecule has 5 rings (SSSR count). The number of pyridine rings is 1. The van der Waals surface area contributed by atoms with E-state index in [9.17, 15) is 14.4 Å². The number of rotatable bonds is 11. The fraction of sp³-hybridized carbons (Fsp3) is 0.0556. The van der Waals surface area contributed by atoms with Crippen LogP contribution in [0.4, 0.5) is 11.4 Å². The maximum atomic E-state index is 13.5. The van der Waals surface area contributed by atoms with Crippen LogP contribution >= 0.6 is 11.8 Å². The second-order valence-corrected chi connectivity index (χ2v) is 11.0. The maximum absolute atomic E-state index is 13.5. The molecule has 1 aromatic heterocycles. The molecule has 0 saturated carbocycles. The summed E-state index contributed by atoms with van der Waals surface area (Å²) in [6.07, 6.45) is 4.80. The summed E-state index contributed by atoms with van der Waals surface area (Å²) in [5.74, 6) is -0.446. The predicted octanol–water partition coefficient (Wildman–Crippen LogP) is 6.97. The van der Waals surface area contributed by atoms with E-state index in [1.54, 1.807) is 80.2 Å². The molecule has 0 spiro atoms. The highest BCUT2D eigenvalue weighted by molar-refractivity contribution is 8.00. The normalized spacial score (nSPS) is 11.6. The smallest absolute Gasteiger partial charge is 0.272 e. The molecule has 0 aliphatic heterocycles. The Hall–Kier alpha value is -5.67. The van der Waals surface area contributed by atoms with Gasteiger partial charge in [0.1, 0.15) is 16.7 Å². The molecule has 0 bridgehead atoms. The van der Waals surface area contributed by atoms with E-state index in [0.717, 1.165) is 10.5 Å². The van der Waals surface area contributed by atoms with E-state index in [1.807, 2.05) is 66.7 Å². The van der Waals surface area contributed by atoms with Gasteiger partial charge in [-0.1, -0.05) is 60.7 Å². The Morgan fingerprint density at radius 3 is 2.20 bits per heavy atom. The zero-order valence-electron chi connectivity index (χ0n) is 24.3. The molecule has 8 nitrogen and oxygen atoms in total. The molecule has 0 radical (unpaired) electrons. The van der Waals surface area contributed by atoms with Gasteiger partial charge in [-0.15, -0.1) is 11.8 Å². The highest BCUT2D eigenvalue weighted by Gasteiger charge is 2.23. The molecule has 224 valence electrons. The van der Waals surface area contributed by atoms with Crippen molar-refractivity contribution in [3.63, 3.8) is 0 Å². The van der Waals surface area contributed by atoms with Crippen molar-refractivity contribution in [3.05, 3.63) is 156 Å². The zero-order valence-corrected chi connectivity index (χ0v) is 25.2. The quantitative estimate of drug-likeness (QED) is 0.110. The number of hydrogen-bond donors (Lipinski definition) is 3. The molecule has 0 fully saturated rings. The Labute approximate surface area is 265 Å². The number of benzene rings is 4. The minimum atomic E-state index is -0.542. The van der Waals surface area contributed by atoms with E-state index in [2.05, 4.69) is 20.9 Å². The van der Waals surface area contributed by atoms with Gasteiger partial charge < -0.3 is 20.7 Å². The molecule has 1 unspecified atom stereocenters. The lowest BCUT2D eigenvalue weighted by atomic mass is 10.1. The lowest BCUT2D eigenvalue weighted by molar-refractivity contribution is -0.116. The third-order valence-corrected chi connectivity index (χ3v) is 7.83. The van der Waals surface area contributed by atoms with Gasteiger partial charge in [0.25, 0.3) is 11.8 Å². The second-order valence-electron chi connectivity index (χ2n) is 9.77. The van der Waals surface area contributed by atoms with E-state index >= 15 is 0 Å². The van der Waals surface area contributed by atoms with E-state index in [0.29, 0.717) is 28.3 Å². The molecule has 1 atom stereocenters. The molecule has 0 saturated heterocycles. The SMILES string of the molecule is COc1cccc(NC(=O)C(Sc2ccc(NC(=O)/C(=C/c3cccnc3)NC(=O)c3ccccc3)cc2)c2ccccc2)c1. The van der Waals surface area contributed by atoms with Crippen molar-refractivity contribution in [1.82, 2.24) is 10.3 Å².